The average Bonchev–Trinajstić information content (AvgIpc) is 2.27. The van der Waals surface area contributed by atoms with Crippen LogP contribution in [0.2, 0.25) is 5.02 Å². The van der Waals surface area contributed by atoms with Crippen LogP contribution < -0.4 is 4.74 Å². The van der Waals surface area contributed by atoms with E-state index in [0.29, 0.717) is 0 Å². The normalized spacial score (nSPS) is 17.7. The standard InChI is InChI=1S/C14H19ClO2/c1-9-7-11(17-3)12(10(2)13(9)15)14(8-16)5-4-6-14/h7,16H,4-6,8H2,1-3H3. The van der Waals surface area contributed by atoms with Gasteiger partial charge >= 0.3 is 0 Å². The van der Waals surface area contributed by atoms with Crippen LogP contribution in [0.5, 0.6) is 5.75 Å². The lowest BCUT2D eigenvalue weighted by molar-refractivity contribution is 0.116. The Morgan fingerprint density at radius 1 is 1.41 bits per heavy atom. The summed E-state index contributed by atoms with van der Waals surface area (Å²) in [7, 11) is 1.68. The smallest absolute Gasteiger partial charge is 0.123 e. The first-order valence-electron chi connectivity index (χ1n) is 6.01. The number of rotatable bonds is 3. The first-order chi connectivity index (χ1) is 8.05. The fraction of sp³-hybridized carbons (Fsp3) is 0.571. The molecule has 0 amide bonds. The highest BCUT2D eigenvalue weighted by Crippen LogP contribution is 2.49. The molecule has 1 aliphatic rings. The van der Waals surface area contributed by atoms with Crippen molar-refractivity contribution < 1.29 is 9.84 Å². The lowest BCUT2D eigenvalue weighted by atomic mass is 9.63. The van der Waals surface area contributed by atoms with E-state index < -0.39 is 0 Å². The molecule has 0 aliphatic heterocycles. The van der Waals surface area contributed by atoms with Crippen molar-refractivity contribution in [2.24, 2.45) is 0 Å². The van der Waals surface area contributed by atoms with Gasteiger partial charge in [-0.25, -0.2) is 0 Å². The predicted molar refractivity (Wildman–Crippen MR) is 70.1 cm³/mol. The highest BCUT2D eigenvalue weighted by atomic mass is 35.5. The molecule has 0 atom stereocenters. The van der Waals surface area contributed by atoms with Gasteiger partial charge in [0.1, 0.15) is 5.75 Å². The number of aryl methyl sites for hydroxylation is 1. The summed E-state index contributed by atoms with van der Waals surface area (Å²) in [4.78, 5) is 0. The monoisotopic (exact) mass is 254 g/mol. The highest BCUT2D eigenvalue weighted by Gasteiger charge is 2.41. The zero-order chi connectivity index (χ0) is 12.6. The maximum Gasteiger partial charge on any atom is 0.123 e. The summed E-state index contributed by atoms with van der Waals surface area (Å²) in [5, 5.41) is 10.5. The van der Waals surface area contributed by atoms with Crippen molar-refractivity contribution in [1.29, 1.82) is 0 Å². The molecule has 1 N–H and O–H groups in total. The second-order valence-electron chi connectivity index (χ2n) is 5.00. The van der Waals surface area contributed by atoms with Crippen molar-refractivity contribution in [3.63, 3.8) is 0 Å². The Hall–Kier alpha value is -0.730. The van der Waals surface area contributed by atoms with Gasteiger partial charge in [-0.15, -0.1) is 0 Å². The van der Waals surface area contributed by atoms with Crippen molar-refractivity contribution in [3.05, 3.63) is 27.8 Å². The molecule has 0 bridgehead atoms. The highest BCUT2D eigenvalue weighted by molar-refractivity contribution is 6.32. The third-order valence-corrected chi connectivity index (χ3v) is 4.59. The van der Waals surface area contributed by atoms with E-state index in [1.165, 1.54) is 0 Å². The van der Waals surface area contributed by atoms with Crippen molar-refractivity contribution in [2.75, 3.05) is 13.7 Å². The summed E-state index contributed by atoms with van der Waals surface area (Å²) in [6.07, 6.45) is 3.19. The van der Waals surface area contributed by atoms with Crippen LogP contribution >= 0.6 is 11.6 Å². The van der Waals surface area contributed by atoms with Crippen molar-refractivity contribution in [3.8, 4) is 5.75 Å². The van der Waals surface area contributed by atoms with Gasteiger partial charge in [0, 0.05) is 16.0 Å². The Bertz CT molecular complexity index is 431. The molecule has 0 unspecified atom stereocenters. The second kappa shape index (κ2) is 4.51. The van der Waals surface area contributed by atoms with Gasteiger partial charge in [0.25, 0.3) is 0 Å². The molecule has 0 heterocycles. The average molecular weight is 255 g/mol. The van der Waals surface area contributed by atoms with Gasteiger partial charge in [0.2, 0.25) is 0 Å². The van der Waals surface area contributed by atoms with E-state index in [-0.39, 0.29) is 12.0 Å². The van der Waals surface area contributed by atoms with Crippen molar-refractivity contribution in [2.45, 2.75) is 38.5 Å². The molecule has 1 aromatic carbocycles. The van der Waals surface area contributed by atoms with Gasteiger partial charge in [-0.05, 0) is 43.9 Å². The van der Waals surface area contributed by atoms with E-state index in [2.05, 4.69) is 0 Å². The van der Waals surface area contributed by atoms with Crippen molar-refractivity contribution in [1.82, 2.24) is 0 Å². The molecule has 1 aromatic rings. The summed E-state index contributed by atoms with van der Waals surface area (Å²) < 4.78 is 5.48. The third kappa shape index (κ3) is 1.84. The summed E-state index contributed by atoms with van der Waals surface area (Å²) in [5.41, 5.74) is 3.05. The van der Waals surface area contributed by atoms with Crippen LogP contribution in [-0.2, 0) is 5.41 Å². The summed E-state index contributed by atoms with van der Waals surface area (Å²) >= 11 is 6.32. The minimum atomic E-state index is -0.132. The molecule has 1 fully saturated rings. The number of benzene rings is 1. The zero-order valence-electron chi connectivity index (χ0n) is 10.6. The predicted octanol–water partition coefficient (Wildman–Crippen LogP) is 3.38. The van der Waals surface area contributed by atoms with E-state index in [9.17, 15) is 5.11 Å². The molecular weight excluding hydrogens is 236 g/mol. The number of hydrogen-bond donors (Lipinski definition) is 1. The molecular formula is C14H19ClO2. The first-order valence-corrected chi connectivity index (χ1v) is 6.38. The lowest BCUT2D eigenvalue weighted by Gasteiger charge is -2.42. The fourth-order valence-electron chi connectivity index (χ4n) is 2.83. The minimum Gasteiger partial charge on any atom is -0.496 e. The van der Waals surface area contributed by atoms with Crippen LogP contribution in [0.25, 0.3) is 0 Å². The van der Waals surface area contributed by atoms with Gasteiger partial charge < -0.3 is 9.84 Å². The Morgan fingerprint density at radius 3 is 2.47 bits per heavy atom. The summed E-state index contributed by atoms with van der Waals surface area (Å²) in [5.74, 6) is 0.859. The number of aliphatic hydroxyl groups is 1. The Morgan fingerprint density at radius 2 is 2.06 bits per heavy atom. The largest absolute Gasteiger partial charge is 0.496 e. The van der Waals surface area contributed by atoms with Crippen LogP contribution in [-0.4, -0.2) is 18.8 Å². The van der Waals surface area contributed by atoms with Crippen LogP contribution in [0, 0.1) is 13.8 Å². The SMILES string of the molecule is COc1cc(C)c(Cl)c(C)c1C1(CO)CCC1. The van der Waals surface area contributed by atoms with Crippen LogP contribution in [0.4, 0.5) is 0 Å². The number of halogens is 1. The van der Waals surface area contributed by atoms with Gasteiger partial charge in [-0.2, -0.15) is 0 Å². The molecule has 17 heavy (non-hydrogen) atoms. The molecule has 2 nitrogen and oxygen atoms in total. The third-order valence-electron chi connectivity index (χ3n) is 4.01. The Labute approximate surface area is 108 Å². The summed E-state index contributed by atoms with van der Waals surface area (Å²) in [6, 6.07) is 1.97. The van der Waals surface area contributed by atoms with Gasteiger partial charge in [-0.1, -0.05) is 18.0 Å². The molecule has 2 rings (SSSR count). The first kappa shape index (κ1) is 12.7. The molecule has 3 heteroatoms. The number of methoxy groups -OCH3 is 1. The van der Waals surface area contributed by atoms with Crippen LogP contribution in [0.3, 0.4) is 0 Å². The van der Waals surface area contributed by atoms with E-state index in [4.69, 9.17) is 16.3 Å². The zero-order valence-corrected chi connectivity index (χ0v) is 11.4. The lowest BCUT2D eigenvalue weighted by Crippen LogP contribution is -2.39. The second-order valence-corrected chi connectivity index (χ2v) is 5.38. The Balaban J connectivity index is 2.63. The van der Waals surface area contributed by atoms with Gasteiger partial charge in [0.05, 0.1) is 13.7 Å². The number of ether oxygens (including phenoxy) is 1. The minimum absolute atomic E-state index is 0.132. The molecule has 1 aliphatic carbocycles. The maximum absolute atomic E-state index is 9.70. The van der Waals surface area contributed by atoms with Crippen LogP contribution in [0.15, 0.2) is 6.07 Å². The van der Waals surface area contributed by atoms with Crippen LogP contribution in [0.1, 0.15) is 36.0 Å². The molecule has 0 radical (unpaired) electrons. The molecule has 0 spiro atoms. The molecule has 94 valence electrons. The van der Waals surface area contributed by atoms with Gasteiger partial charge in [-0.3, -0.25) is 0 Å². The van der Waals surface area contributed by atoms with E-state index in [1.807, 2.05) is 19.9 Å². The quantitative estimate of drug-likeness (QED) is 0.896. The maximum atomic E-state index is 9.70. The number of aliphatic hydroxyl groups excluding tert-OH is 1. The molecule has 0 saturated heterocycles. The van der Waals surface area contributed by atoms with E-state index >= 15 is 0 Å². The fourth-order valence-corrected chi connectivity index (χ4v) is 2.98. The molecule has 0 aromatic heterocycles. The molecule has 1 saturated carbocycles. The Kier molecular flexibility index (Phi) is 3.37. The van der Waals surface area contributed by atoms with Crippen molar-refractivity contribution >= 4 is 11.6 Å². The van der Waals surface area contributed by atoms with E-state index in [1.54, 1.807) is 7.11 Å². The van der Waals surface area contributed by atoms with Gasteiger partial charge in [0.15, 0.2) is 0 Å². The number of hydrogen-bond acceptors (Lipinski definition) is 2. The summed E-state index contributed by atoms with van der Waals surface area (Å²) in [6.45, 7) is 4.17. The van der Waals surface area contributed by atoms with E-state index in [0.717, 1.165) is 46.7 Å². The topological polar surface area (TPSA) is 29.5 Å².